The van der Waals surface area contributed by atoms with Crippen LogP contribution in [0.1, 0.15) is 31.0 Å². The highest BCUT2D eigenvalue weighted by atomic mass is 15.0. The van der Waals surface area contributed by atoms with Crippen molar-refractivity contribution in [3.8, 4) is 11.3 Å². The van der Waals surface area contributed by atoms with Crippen LogP contribution in [0.2, 0.25) is 0 Å². The van der Waals surface area contributed by atoms with Gasteiger partial charge in [-0.3, -0.25) is 4.98 Å². The summed E-state index contributed by atoms with van der Waals surface area (Å²) in [5, 5.41) is 5.67. The van der Waals surface area contributed by atoms with Crippen molar-refractivity contribution >= 4 is 16.6 Å². The molecule has 0 unspecified atom stereocenters. The molecular formula is C22H23N3. The minimum absolute atomic E-state index is 0.615. The lowest BCUT2D eigenvalue weighted by molar-refractivity contribution is 1.01. The summed E-state index contributed by atoms with van der Waals surface area (Å²) < 4.78 is 0. The van der Waals surface area contributed by atoms with E-state index >= 15 is 0 Å². The second kappa shape index (κ2) is 6.32. The molecule has 1 aromatic carbocycles. The molecule has 1 aliphatic rings. The van der Waals surface area contributed by atoms with Crippen LogP contribution < -0.4 is 5.32 Å². The Morgan fingerprint density at radius 2 is 2.04 bits per heavy atom. The lowest BCUT2D eigenvalue weighted by Gasteiger charge is -2.12. The Balaban J connectivity index is 1.77. The standard InChI is InChI=1S/C22H23N3/c1-4-20-19-12-22(24-15(3)16-9-10-16)23-13-17(19)11-21(25-20)18-8-6-5-7-14(18)2/h5-8,11-13,16H,3-4,9-10H2,1-2H3,(H,23,24). The molecule has 0 amide bonds. The molecule has 1 saturated carbocycles. The number of allylic oxidation sites excluding steroid dienone is 1. The van der Waals surface area contributed by atoms with E-state index in [2.05, 4.69) is 67.1 Å². The van der Waals surface area contributed by atoms with Crippen molar-refractivity contribution in [2.75, 3.05) is 5.32 Å². The zero-order valence-electron chi connectivity index (χ0n) is 14.8. The van der Waals surface area contributed by atoms with Gasteiger partial charge in [0.1, 0.15) is 5.82 Å². The Labute approximate surface area is 148 Å². The number of fused-ring (bicyclic) bond motifs is 1. The van der Waals surface area contributed by atoms with Gasteiger partial charge in [-0.15, -0.1) is 0 Å². The largest absolute Gasteiger partial charge is 0.344 e. The van der Waals surface area contributed by atoms with Crippen LogP contribution >= 0.6 is 0 Å². The fraction of sp³-hybridized carbons (Fsp3) is 0.273. The number of anilines is 1. The molecule has 25 heavy (non-hydrogen) atoms. The number of pyridine rings is 2. The number of hydrogen-bond acceptors (Lipinski definition) is 3. The number of nitrogens with one attached hydrogen (secondary N) is 1. The maximum atomic E-state index is 4.94. The number of benzene rings is 1. The fourth-order valence-electron chi connectivity index (χ4n) is 3.25. The van der Waals surface area contributed by atoms with Crippen LogP contribution in [0.15, 0.2) is 54.9 Å². The van der Waals surface area contributed by atoms with Gasteiger partial charge in [0.15, 0.2) is 0 Å². The minimum Gasteiger partial charge on any atom is -0.344 e. The van der Waals surface area contributed by atoms with Gasteiger partial charge >= 0.3 is 0 Å². The van der Waals surface area contributed by atoms with Crippen LogP contribution in [0, 0.1) is 12.8 Å². The molecule has 0 spiro atoms. The second-order valence-electron chi connectivity index (χ2n) is 6.84. The van der Waals surface area contributed by atoms with E-state index in [1.165, 1.54) is 29.4 Å². The SMILES string of the molecule is C=C(Nc1cc2c(CC)nc(-c3ccccc3C)cc2cn1)C1CC1. The second-order valence-corrected chi connectivity index (χ2v) is 6.84. The molecule has 3 heteroatoms. The molecule has 0 saturated heterocycles. The quantitative estimate of drug-likeness (QED) is 0.671. The third-order valence-corrected chi connectivity index (χ3v) is 4.91. The molecule has 1 N–H and O–H groups in total. The first-order chi connectivity index (χ1) is 12.2. The molecule has 2 heterocycles. The van der Waals surface area contributed by atoms with E-state index in [1.54, 1.807) is 0 Å². The van der Waals surface area contributed by atoms with Gasteiger partial charge in [-0.1, -0.05) is 37.8 Å². The highest BCUT2D eigenvalue weighted by Crippen LogP contribution is 2.36. The summed E-state index contributed by atoms with van der Waals surface area (Å²) in [6.45, 7) is 8.41. The van der Waals surface area contributed by atoms with Gasteiger partial charge in [0, 0.05) is 33.9 Å². The van der Waals surface area contributed by atoms with Crippen molar-refractivity contribution in [1.82, 2.24) is 9.97 Å². The van der Waals surface area contributed by atoms with Crippen molar-refractivity contribution in [1.29, 1.82) is 0 Å². The van der Waals surface area contributed by atoms with Crippen LogP contribution in [-0.2, 0) is 6.42 Å². The minimum atomic E-state index is 0.615. The molecule has 0 radical (unpaired) electrons. The Kier molecular flexibility index (Phi) is 4.00. The smallest absolute Gasteiger partial charge is 0.130 e. The van der Waals surface area contributed by atoms with E-state index in [0.717, 1.165) is 34.7 Å². The van der Waals surface area contributed by atoms with Crippen molar-refractivity contribution in [2.24, 2.45) is 5.92 Å². The molecular weight excluding hydrogens is 306 g/mol. The Morgan fingerprint density at radius 3 is 2.76 bits per heavy atom. The summed E-state index contributed by atoms with van der Waals surface area (Å²) in [5.41, 5.74) is 5.63. The number of hydrogen-bond donors (Lipinski definition) is 1. The van der Waals surface area contributed by atoms with E-state index in [1.807, 2.05) is 6.20 Å². The van der Waals surface area contributed by atoms with E-state index in [9.17, 15) is 0 Å². The first-order valence-corrected chi connectivity index (χ1v) is 8.97. The average molecular weight is 329 g/mol. The topological polar surface area (TPSA) is 37.8 Å². The molecule has 3 aromatic rings. The Hall–Kier alpha value is -2.68. The van der Waals surface area contributed by atoms with E-state index in [-0.39, 0.29) is 0 Å². The summed E-state index contributed by atoms with van der Waals surface area (Å²) in [6, 6.07) is 12.6. The zero-order valence-corrected chi connectivity index (χ0v) is 14.8. The van der Waals surface area contributed by atoms with Gasteiger partial charge in [0.25, 0.3) is 0 Å². The van der Waals surface area contributed by atoms with Crippen molar-refractivity contribution in [3.05, 3.63) is 66.1 Å². The highest BCUT2D eigenvalue weighted by Gasteiger charge is 2.24. The van der Waals surface area contributed by atoms with Crippen molar-refractivity contribution in [2.45, 2.75) is 33.1 Å². The maximum absolute atomic E-state index is 4.94. The highest BCUT2D eigenvalue weighted by molar-refractivity contribution is 5.89. The van der Waals surface area contributed by atoms with Crippen LogP contribution in [0.25, 0.3) is 22.0 Å². The van der Waals surface area contributed by atoms with Gasteiger partial charge < -0.3 is 5.32 Å². The molecule has 1 aliphatic carbocycles. The first-order valence-electron chi connectivity index (χ1n) is 8.97. The fourth-order valence-corrected chi connectivity index (χ4v) is 3.25. The molecule has 0 atom stereocenters. The molecule has 0 aliphatic heterocycles. The van der Waals surface area contributed by atoms with Crippen LogP contribution in [0.4, 0.5) is 5.82 Å². The predicted molar refractivity (Wildman–Crippen MR) is 105 cm³/mol. The Bertz CT molecular complexity index is 955. The number of nitrogens with zero attached hydrogens (tertiary/aromatic N) is 2. The van der Waals surface area contributed by atoms with Crippen molar-refractivity contribution < 1.29 is 0 Å². The molecule has 1 fully saturated rings. The lowest BCUT2D eigenvalue weighted by atomic mass is 10.0. The van der Waals surface area contributed by atoms with E-state index < -0.39 is 0 Å². The maximum Gasteiger partial charge on any atom is 0.130 e. The molecule has 126 valence electrons. The average Bonchev–Trinajstić information content (AvgIpc) is 3.46. The number of aromatic nitrogens is 2. The molecule has 3 nitrogen and oxygen atoms in total. The normalized spacial score (nSPS) is 13.8. The van der Waals surface area contributed by atoms with Crippen LogP contribution in [-0.4, -0.2) is 9.97 Å². The molecule has 0 bridgehead atoms. The third kappa shape index (κ3) is 3.14. The predicted octanol–water partition coefficient (Wildman–Crippen LogP) is 5.50. The number of rotatable bonds is 5. The summed E-state index contributed by atoms with van der Waals surface area (Å²) >= 11 is 0. The van der Waals surface area contributed by atoms with E-state index in [0.29, 0.717) is 5.92 Å². The van der Waals surface area contributed by atoms with E-state index in [4.69, 9.17) is 4.98 Å². The van der Waals surface area contributed by atoms with Gasteiger partial charge in [-0.05, 0) is 49.8 Å². The first kappa shape index (κ1) is 15.8. The Morgan fingerprint density at radius 1 is 1.24 bits per heavy atom. The monoisotopic (exact) mass is 329 g/mol. The van der Waals surface area contributed by atoms with Gasteiger partial charge in [0.05, 0.1) is 5.69 Å². The van der Waals surface area contributed by atoms with Gasteiger partial charge in [-0.25, -0.2) is 4.98 Å². The summed E-state index contributed by atoms with van der Waals surface area (Å²) in [5.74, 6) is 1.48. The summed E-state index contributed by atoms with van der Waals surface area (Å²) in [4.78, 5) is 9.53. The summed E-state index contributed by atoms with van der Waals surface area (Å²) in [7, 11) is 0. The lowest BCUT2D eigenvalue weighted by Crippen LogP contribution is -2.02. The molecule has 2 aromatic heterocycles. The van der Waals surface area contributed by atoms with Gasteiger partial charge in [0.2, 0.25) is 0 Å². The van der Waals surface area contributed by atoms with Crippen LogP contribution in [0.5, 0.6) is 0 Å². The molecule has 4 rings (SSSR count). The number of aryl methyl sites for hydroxylation is 2. The third-order valence-electron chi connectivity index (χ3n) is 4.91. The van der Waals surface area contributed by atoms with Crippen molar-refractivity contribution in [3.63, 3.8) is 0 Å². The zero-order chi connectivity index (χ0) is 17.4. The van der Waals surface area contributed by atoms with Crippen LogP contribution in [0.3, 0.4) is 0 Å². The summed E-state index contributed by atoms with van der Waals surface area (Å²) in [6.07, 6.45) is 5.31. The van der Waals surface area contributed by atoms with Gasteiger partial charge in [-0.2, -0.15) is 0 Å².